The van der Waals surface area contributed by atoms with Crippen molar-refractivity contribution >= 4 is 56.6 Å². The lowest BCUT2D eigenvalue weighted by molar-refractivity contribution is 0.0957. The molecule has 0 fully saturated rings. The van der Waals surface area contributed by atoms with Crippen molar-refractivity contribution < 1.29 is 14.3 Å². The Hall–Kier alpha value is -6.01. The first-order valence-electron chi connectivity index (χ1n) is 20.9. The molecule has 4 aromatic heterocycles. The van der Waals surface area contributed by atoms with Crippen LogP contribution in [-0.2, 0) is 38.5 Å². The standard InChI is InChI=1S/C49H48Cl2N8O3/c1-28-20-35(21-29(2)45(28)51)62-19-11-14-36-37-16-17-39(50)44(43-31(4)53-42(54-32(43)5)26-61-25-33-12-9-8-10-13-33)46(37)59-30(3)23-58(49(60)47(36)59)41-24-56(6)40-18-15-34(22-38(40)41)48-52-27-57(7)55-48/h8-10,12-13,15-18,20-22,24,27,30H,11,14,19,23,25-26H2,1-7H3. The number of ether oxygens (including phenoxy) is 2. The van der Waals surface area contributed by atoms with E-state index in [2.05, 4.69) is 44.3 Å². The number of hydrogen-bond donors (Lipinski definition) is 0. The highest BCUT2D eigenvalue weighted by atomic mass is 35.5. The predicted molar refractivity (Wildman–Crippen MR) is 246 cm³/mol. The van der Waals surface area contributed by atoms with Gasteiger partial charge in [0.2, 0.25) is 0 Å². The molecule has 0 saturated heterocycles. The van der Waals surface area contributed by atoms with Crippen molar-refractivity contribution in [2.75, 3.05) is 18.1 Å². The molecule has 4 aromatic carbocycles. The normalized spacial score (nSPS) is 14.0. The fraction of sp³-hybridized carbons (Fsp3) is 0.286. The van der Waals surface area contributed by atoms with Crippen molar-refractivity contribution in [3.8, 4) is 28.3 Å². The van der Waals surface area contributed by atoms with Crippen LogP contribution >= 0.6 is 23.2 Å². The molecule has 62 heavy (non-hydrogen) atoms. The number of halogens is 2. The van der Waals surface area contributed by atoms with Gasteiger partial charge in [-0.3, -0.25) is 9.48 Å². The van der Waals surface area contributed by atoms with Gasteiger partial charge in [-0.15, -0.1) is 0 Å². The van der Waals surface area contributed by atoms with Crippen LogP contribution in [0.1, 0.15) is 69.3 Å². The number of hydrogen-bond acceptors (Lipinski definition) is 7. The molecule has 1 unspecified atom stereocenters. The predicted octanol–water partition coefficient (Wildman–Crippen LogP) is 10.9. The third-order valence-corrected chi connectivity index (χ3v) is 12.7. The molecule has 0 aliphatic carbocycles. The number of fused-ring (bicyclic) bond motifs is 4. The quantitative estimate of drug-likeness (QED) is 0.113. The smallest absolute Gasteiger partial charge is 0.275 e. The Kier molecular flexibility index (Phi) is 11.1. The summed E-state index contributed by atoms with van der Waals surface area (Å²) in [4.78, 5) is 31.7. The number of benzene rings is 4. The summed E-state index contributed by atoms with van der Waals surface area (Å²) in [5, 5.41) is 7.78. The van der Waals surface area contributed by atoms with Gasteiger partial charge in [-0.05, 0) is 106 Å². The fourth-order valence-electron chi connectivity index (χ4n) is 9.05. The average Bonchev–Trinajstić information content (AvgIpc) is 3.94. The van der Waals surface area contributed by atoms with Gasteiger partial charge in [0.25, 0.3) is 5.91 Å². The zero-order valence-electron chi connectivity index (χ0n) is 36.0. The maximum atomic E-state index is 15.4. The summed E-state index contributed by atoms with van der Waals surface area (Å²) in [5.74, 6) is 1.92. The molecular formula is C49H48Cl2N8O3. The van der Waals surface area contributed by atoms with Crippen LogP contribution in [0, 0.1) is 27.7 Å². The number of amides is 1. The van der Waals surface area contributed by atoms with E-state index in [1.807, 2.05) is 107 Å². The first-order valence-corrected chi connectivity index (χ1v) is 21.6. The fourth-order valence-corrected chi connectivity index (χ4v) is 9.40. The minimum absolute atomic E-state index is 0.0780. The van der Waals surface area contributed by atoms with E-state index in [0.717, 1.165) is 88.6 Å². The van der Waals surface area contributed by atoms with Crippen LogP contribution in [-0.4, -0.2) is 52.9 Å². The van der Waals surface area contributed by atoms with Crippen LogP contribution in [0.5, 0.6) is 5.75 Å². The summed E-state index contributed by atoms with van der Waals surface area (Å²) in [6.45, 7) is 11.7. The van der Waals surface area contributed by atoms with E-state index in [0.29, 0.717) is 55.0 Å². The lowest BCUT2D eigenvalue weighted by Crippen LogP contribution is -2.42. The van der Waals surface area contributed by atoms with Crippen LogP contribution in [0.15, 0.2) is 85.3 Å². The highest BCUT2D eigenvalue weighted by Gasteiger charge is 2.37. The molecule has 1 aliphatic heterocycles. The minimum atomic E-state index is -0.129. The van der Waals surface area contributed by atoms with Gasteiger partial charge in [0, 0.05) is 82.3 Å². The maximum Gasteiger partial charge on any atom is 0.275 e. The SMILES string of the molecule is Cc1cc(OCCCc2c3n(c4c(-c5c(C)nc(COCc6ccccc6)nc5C)c(Cl)ccc24)C(C)CN(c2cn(C)c4ccc(-c5ncn(C)n5)cc24)C3=O)cc(C)c1Cl. The second-order valence-electron chi connectivity index (χ2n) is 16.4. The van der Waals surface area contributed by atoms with Gasteiger partial charge in [-0.1, -0.05) is 59.6 Å². The third-order valence-electron chi connectivity index (χ3n) is 11.8. The molecule has 1 amide bonds. The number of carbonyl (C=O) groups is 1. The molecule has 9 rings (SSSR count). The van der Waals surface area contributed by atoms with Gasteiger partial charge < -0.3 is 23.5 Å². The lowest BCUT2D eigenvalue weighted by Gasteiger charge is -2.34. The molecule has 0 radical (unpaired) electrons. The molecule has 0 bridgehead atoms. The Morgan fingerprint density at radius 1 is 0.855 bits per heavy atom. The van der Waals surface area contributed by atoms with Crippen LogP contribution in [0.4, 0.5) is 5.69 Å². The Morgan fingerprint density at radius 3 is 2.31 bits per heavy atom. The molecule has 316 valence electrons. The number of anilines is 1. The van der Waals surface area contributed by atoms with Crippen molar-refractivity contribution in [1.82, 2.24) is 33.9 Å². The highest BCUT2D eigenvalue weighted by Crippen LogP contribution is 2.46. The van der Waals surface area contributed by atoms with Crippen molar-refractivity contribution in [2.45, 2.75) is 66.7 Å². The van der Waals surface area contributed by atoms with E-state index in [1.165, 1.54) is 0 Å². The van der Waals surface area contributed by atoms with Crippen LogP contribution in [0.3, 0.4) is 0 Å². The second kappa shape index (κ2) is 16.7. The molecule has 0 N–H and O–H groups in total. The molecule has 0 spiro atoms. The summed E-state index contributed by atoms with van der Waals surface area (Å²) >= 11 is 13.7. The first kappa shape index (κ1) is 41.3. The average molecular weight is 868 g/mol. The monoisotopic (exact) mass is 866 g/mol. The number of aryl methyl sites for hydroxylation is 7. The molecule has 13 heteroatoms. The molecular weight excluding hydrogens is 819 g/mol. The van der Waals surface area contributed by atoms with Gasteiger partial charge in [-0.2, -0.15) is 5.10 Å². The van der Waals surface area contributed by atoms with Gasteiger partial charge in [0.05, 0.1) is 29.4 Å². The molecule has 1 aliphatic rings. The maximum absolute atomic E-state index is 15.4. The van der Waals surface area contributed by atoms with Crippen molar-refractivity contribution in [1.29, 1.82) is 0 Å². The Labute approximate surface area is 370 Å². The van der Waals surface area contributed by atoms with Crippen molar-refractivity contribution in [3.05, 3.63) is 141 Å². The van der Waals surface area contributed by atoms with Crippen molar-refractivity contribution in [2.24, 2.45) is 14.1 Å². The highest BCUT2D eigenvalue weighted by molar-refractivity contribution is 6.35. The van der Waals surface area contributed by atoms with Gasteiger partial charge >= 0.3 is 0 Å². The van der Waals surface area contributed by atoms with Crippen molar-refractivity contribution in [3.63, 3.8) is 0 Å². The molecule has 8 aromatic rings. The Morgan fingerprint density at radius 2 is 1.60 bits per heavy atom. The molecule has 5 heterocycles. The first-order chi connectivity index (χ1) is 29.9. The van der Waals surface area contributed by atoms with Crippen LogP contribution < -0.4 is 9.64 Å². The number of rotatable bonds is 12. The minimum Gasteiger partial charge on any atom is -0.494 e. The summed E-state index contributed by atoms with van der Waals surface area (Å²) in [7, 11) is 3.86. The molecule has 1 atom stereocenters. The number of carbonyl (C=O) groups excluding carboxylic acids is 1. The molecule has 0 saturated carbocycles. The van der Waals surface area contributed by atoms with Gasteiger partial charge in [0.1, 0.15) is 24.4 Å². The largest absolute Gasteiger partial charge is 0.494 e. The Bertz CT molecular complexity index is 2980. The zero-order valence-corrected chi connectivity index (χ0v) is 37.5. The van der Waals surface area contributed by atoms with E-state index in [4.69, 9.17) is 42.6 Å². The van der Waals surface area contributed by atoms with E-state index in [9.17, 15) is 0 Å². The summed E-state index contributed by atoms with van der Waals surface area (Å²) in [6.07, 6.45) is 5.00. The van der Waals surface area contributed by atoms with Gasteiger partial charge in [0.15, 0.2) is 11.6 Å². The molecule has 11 nitrogen and oxygen atoms in total. The third kappa shape index (κ3) is 7.52. The van der Waals surface area contributed by atoms with E-state index >= 15 is 4.79 Å². The zero-order chi connectivity index (χ0) is 43.4. The van der Waals surface area contributed by atoms with Crippen LogP contribution in [0.25, 0.3) is 44.3 Å². The van der Waals surface area contributed by atoms with E-state index in [-0.39, 0.29) is 18.6 Å². The van der Waals surface area contributed by atoms with Crippen LogP contribution in [0.2, 0.25) is 10.0 Å². The number of aromatic nitrogens is 7. The summed E-state index contributed by atoms with van der Waals surface area (Å²) < 4.78 is 18.3. The second-order valence-corrected chi connectivity index (χ2v) is 17.2. The van der Waals surface area contributed by atoms with E-state index < -0.39 is 0 Å². The summed E-state index contributed by atoms with van der Waals surface area (Å²) in [6, 6.07) is 24.0. The Balaban J connectivity index is 1.13. The topological polar surface area (TPSA) is 105 Å². The van der Waals surface area contributed by atoms with Gasteiger partial charge in [-0.25, -0.2) is 15.0 Å². The van der Waals surface area contributed by atoms with E-state index in [1.54, 1.807) is 11.0 Å². The number of nitrogens with zero attached hydrogens (tertiary/aromatic N) is 8. The lowest BCUT2D eigenvalue weighted by atomic mass is 9.97. The summed E-state index contributed by atoms with van der Waals surface area (Å²) in [5.41, 5.74) is 11.5.